The predicted octanol–water partition coefficient (Wildman–Crippen LogP) is 3.38. The number of carboxylic acid groups (broad SMARTS) is 1. The van der Waals surface area contributed by atoms with Crippen LogP contribution in [-0.2, 0) is 21.1 Å². The van der Waals surface area contributed by atoms with E-state index in [9.17, 15) is 26.8 Å². The molecule has 0 aromatic heterocycles. The standard InChI is InChI=1S/C20H14F2O5S/c1-28(26,27)14-4-5-15(18(22)10-14)20(25)17-7-11(8-19(23)24)6-12-2-3-13(21)9-16(12)17/h2-7,9-10H,8H2,1H3,(H,23,24). The Balaban J connectivity index is 2.20. The topological polar surface area (TPSA) is 88.5 Å². The van der Waals surface area contributed by atoms with Gasteiger partial charge in [0.25, 0.3) is 0 Å². The first-order valence-corrected chi connectivity index (χ1v) is 9.93. The molecule has 0 bridgehead atoms. The number of benzene rings is 3. The summed E-state index contributed by atoms with van der Waals surface area (Å²) in [5.41, 5.74) is -0.173. The first-order valence-electron chi connectivity index (χ1n) is 8.04. The highest BCUT2D eigenvalue weighted by molar-refractivity contribution is 7.90. The highest BCUT2D eigenvalue weighted by atomic mass is 32.2. The minimum absolute atomic E-state index is 0.0701. The normalized spacial score (nSPS) is 11.5. The van der Waals surface area contributed by atoms with Crippen molar-refractivity contribution in [3.63, 3.8) is 0 Å². The van der Waals surface area contributed by atoms with E-state index in [0.29, 0.717) is 10.9 Å². The Kier molecular flexibility index (Phi) is 4.99. The number of hydrogen-bond donors (Lipinski definition) is 1. The second kappa shape index (κ2) is 7.12. The third kappa shape index (κ3) is 3.91. The number of carboxylic acids is 1. The first-order chi connectivity index (χ1) is 13.1. The van der Waals surface area contributed by atoms with E-state index in [2.05, 4.69) is 0 Å². The largest absolute Gasteiger partial charge is 0.481 e. The number of aliphatic carboxylic acids is 1. The third-order valence-electron chi connectivity index (χ3n) is 4.19. The summed E-state index contributed by atoms with van der Waals surface area (Å²) in [4.78, 5) is 23.7. The van der Waals surface area contributed by atoms with E-state index >= 15 is 0 Å². The molecule has 8 heteroatoms. The molecular formula is C20H14F2O5S. The zero-order valence-electron chi connectivity index (χ0n) is 14.6. The number of fused-ring (bicyclic) bond motifs is 1. The van der Waals surface area contributed by atoms with Crippen molar-refractivity contribution in [1.29, 1.82) is 0 Å². The molecule has 3 aromatic rings. The lowest BCUT2D eigenvalue weighted by Crippen LogP contribution is -2.09. The molecule has 0 aliphatic carbocycles. The van der Waals surface area contributed by atoms with E-state index in [1.165, 1.54) is 24.3 Å². The molecule has 0 atom stereocenters. The Hall–Kier alpha value is -3.13. The Morgan fingerprint density at radius 2 is 1.68 bits per heavy atom. The Labute approximate surface area is 159 Å². The molecule has 0 fully saturated rings. The molecule has 1 N–H and O–H groups in total. The lowest BCUT2D eigenvalue weighted by atomic mass is 9.93. The summed E-state index contributed by atoms with van der Waals surface area (Å²) < 4.78 is 51.3. The molecule has 3 rings (SSSR count). The van der Waals surface area contributed by atoms with Gasteiger partial charge in [0.15, 0.2) is 15.6 Å². The molecule has 0 saturated heterocycles. The summed E-state index contributed by atoms with van der Waals surface area (Å²) in [7, 11) is -3.66. The molecule has 5 nitrogen and oxygen atoms in total. The van der Waals surface area contributed by atoms with Crippen molar-refractivity contribution >= 4 is 32.4 Å². The number of rotatable bonds is 5. The average Bonchev–Trinajstić information content (AvgIpc) is 2.59. The van der Waals surface area contributed by atoms with Crippen molar-refractivity contribution in [1.82, 2.24) is 0 Å². The number of halogens is 2. The second-order valence-corrected chi connectivity index (χ2v) is 8.34. The van der Waals surface area contributed by atoms with Crippen LogP contribution in [0.4, 0.5) is 8.78 Å². The molecular weight excluding hydrogens is 390 g/mol. The molecule has 0 heterocycles. The van der Waals surface area contributed by atoms with E-state index in [0.717, 1.165) is 30.5 Å². The Morgan fingerprint density at radius 3 is 2.29 bits per heavy atom. The summed E-state index contributed by atoms with van der Waals surface area (Å²) in [6.07, 6.45) is 0.540. The third-order valence-corrected chi connectivity index (χ3v) is 5.30. The first kappa shape index (κ1) is 19.6. The molecule has 0 aliphatic rings. The van der Waals surface area contributed by atoms with Gasteiger partial charge in [-0.25, -0.2) is 17.2 Å². The van der Waals surface area contributed by atoms with Crippen LogP contribution in [0.3, 0.4) is 0 Å². The molecule has 0 amide bonds. The Morgan fingerprint density at radius 1 is 0.964 bits per heavy atom. The van der Waals surface area contributed by atoms with Gasteiger partial charge in [-0.05, 0) is 52.7 Å². The van der Waals surface area contributed by atoms with Crippen molar-refractivity contribution in [2.24, 2.45) is 0 Å². The molecule has 0 aliphatic heterocycles. The van der Waals surface area contributed by atoms with Gasteiger partial charge in [-0.1, -0.05) is 12.1 Å². The van der Waals surface area contributed by atoms with Crippen LogP contribution < -0.4 is 0 Å². The fraction of sp³-hybridized carbons (Fsp3) is 0.100. The van der Waals surface area contributed by atoms with Crippen LogP contribution in [0.1, 0.15) is 21.5 Å². The van der Waals surface area contributed by atoms with Crippen LogP contribution in [0.5, 0.6) is 0 Å². The van der Waals surface area contributed by atoms with Crippen LogP contribution in [0.15, 0.2) is 53.4 Å². The van der Waals surface area contributed by atoms with Gasteiger partial charge in [0, 0.05) is 11.8 Å². The summed E-state index contributed by atoms with van der Waals surface area (Å²) in [6, 6.07) is 9.37. The van der Waals surface area contributed by atoms with Crippen LogP contribution in [-0.4, -0.2) is 31.5 Å². The smallest absolute Gasteiger partial charge is 0.307 e. The fourth-order valence-corrected chi connectivity index (χ4v) is 3.55. The monoisotopic (exact) mass is 404 g/mol. The lowest BCUT2D eigenvalue weighted by Gasteiger charge is -2.10. The van der Waals surface area contributed by atoms with Gasteiger partial charge >= 0.3 is 5.97 Å². The van der Waals surface area contributed by atoms with E-state index in [1.807, 2.05) is 0 Å². The predicted molar refractivity (Wildman–Crippen MR) is 98.2 cm³/mol. The van der Waals surface area contributed by atoms with Crippen LogP contribution in [0.25, 0.3) is 10.8 Å². The van der Waals surface area contributed by atoms with Gasteiger partial charge < -0.3 is 5.11 Å². The maximum Gasteiger partial charge on any atom is 0.307 e. The zero-order valence-corrected chi connectivity index (χ0v) is 15.4. The van der Waals surface area contributed by atoms with Crippen molar-refractivity contribution < 1.29 is 31.9 Å². The summed E-state index contributed by atoms with van der Waals surface area (Å²) >= 11 is 0. The molecule has 144 valence electrons. The van der Waals surface area contributed by atoms with Crippen molar-refractivity contribution in [3.8, 4) is 0 Å². The maximum absolute atomic E-state index is 14.5. The summed E-state index contributed by atoms with van der Waals surface area (Å²) in [6.45, 7) is 0. The van der Waals surface area contributed by atoms with Gasteiger partial charge in [0.05, 0.1) is 16.9 Å². The summed E-state index contributed by atoms with van der Waals surface area (Å²) in [5, 5.41) is 9.65. The highest BCUT2D eigenvalue weighted by Gasteiger charge is 2.20. The molecule has 0 saturated carbocycles. The van der Waals surface area contributed by atoms with Gasteiger partial charge in [0.1, 0.15) is 11.6 Å². The van der Waals surface area contributed by atoms with Crippen molar-refractivity contribution in [3.05, 3.63) is 76.9 Å². The highest BCUT2D eigenvalue weighted by Crippen LogP contribution is 2.27. The van der Waals surface area contributed by atoms with Crippen LogP contribution >= 0.6 is 0 Å². The fourth-order valence-electron chi connectivity index (χ4n) is 2.91. The van der Waals surface area contributed by atoms with Crippen molar-refractivity contribution in [2.45, 2.75) is 11.3 Å². The van der Waals surface area contributed by atoms with E-state index in [1.54, 1.807) is 0 Å². The minimum atomic E-state index is -3.66. The van der Waals surface area contributed by atoms with E-state index < -0.39 is 38.8 Å². The molecule has 0 unspecified atom stereocenters. The van der Waals surface area contributed by atoms with Gasteiger partial charge in [-0.3, -0.25) is 9.59 Å². The SMILES string of the molecule is CS(=O)(=O)c1ccc(C(=O)c2cc(CC(=O)O)cc3ccc(F)cc23)c(F)c1. The quantitative estimate of drug-likeness (QED) is 0.659. The van der Waals surface area contributed by atoms with Gasteiger partial charge in [-0.2, -0.15) is 0 Å². The van der Waals surface area contributed by atoms with Crippen molar-refractivity contribution in [2.75, 3.05) is 6.26 Å². The molecule has 28 heavy (non-hydrogen) atoms. The molecule has 3 aromatic carbocycles. The maximum atomic E-state index is 14.5. The second-order valence-electron chi connectivity index (χ2n) is 6.32. The number of sulfone groups is 1. The molecule has 0 radical (unpaired) electrons. The number of ketones is 1. The number of hydrogen-bond acceptors (Lipinski definition) is 4. The van der Waals surface area contributed by atoms with Crippen LogP contribution in [0, 0.1) is 11.6 Å². The summed E-state index contributed by atoms with van der Waals surface area (Å²) in [5.74, 6) is -3.58. The zero-order chi connectivity index (χ0) is 20.6. The minimum Gasteiger partial charge on any atom is -0.481 e. The van der Waals surface area contributed by atoms with Gasteiger partial charge in [0.2, 0.25) is 0 Å². The number of carbonyl (C=O) groups is 2. The van der Waals surface area contributed by atoms with E-state index in [4.69, 9.17) is 5.11 Å². The average molecular weight is 404 g/mol. The number of carbonyl (C=O) groups excluding carboxylic acids is 1. The van der Waals surface area contributed by atoms with Gasteiger partial charge in [-0.15, -0.1) is 0 Å². The lowest BCUT2D eigenvalue weighted by molar-refractivity contribution is -0.136. The molecule has 0 spiro atoms. The van der Waals surface area contributed by atoms with E-state index in [-0.39, 0.29) is 22.3 Å². The Bertz CT molecular complexity index is 1230. The van der Waals surface area contributed by atoms with Crippen LogP contribution in [0.2, 0.25) is 0 Å².